The maximum absolute atomic E-state index is 9.10. The van der Waals surface area contributed by atoms with Gasteiger partial charge in [0.05, 0.1) is 11.4 Å². The smallest absolute Gasteiger partial charge is 0.0858 e. The summed E-state index contributed by atoms with van der Waals surface area (Å²) in [6.45, 7) is 7.34. The number of rotatable bonds is 2. The van der Waals surface area contributed by atoms with Gasteiger partial charge in [-0.3, -0.25) is 4.99 Å². The third kappa shape index (κ3) is 2.70. The van der Waals surface area contributed by atoms with Gasteiger partial charge in [0.25, 0.3) is 0 Å². The van der Waals surface area contributed by atoms with Gasteiger partial charge in [-0.2, -0.15) is 5.73 Å². The number of aliphatic imine (C=N–C) groups is 1. The first-order valence-electron chi connectivity index (χ1n) is 4.89. The van der Waals surface area contributed by atoms with E-state index in [4.69, 9.17) is 12.7 Å². The van der Waals surface area contributed by atoms with Crippen molar-refractivity contribution in [3.8, 4) is 0 Å². The Labute approximate surface area is 95.5 Å². The molecule has 16 heavy (non-hydrogen) atoms. The maximum atomic E-state index is 9.10. The highest BCUT2D eigenvalue weighted by Crippen LogP contribution is 2.14. The summed E-state index contributed by atoms with van der Waals surface area (Å²) in [5.41, 5.74) is 11.6. The van der Waals surface area contributed by atoms with Crippen LogP contribution in [-0.4, -0.2) is 6.21 Å². The van der Waals surface area contributed by atoms with Crippen LogP contribution in [0.5, 0.6) is 0 Å². The van der Waals surface area contributed by atoms with Crippen LogP contribution in [0.1, 0.15) is 11.1 Å². The molecule has 0 saturated heterocycles. The number of hydrogen-bond acceptors (Lipinski definition) is 1. The molecule has 0 fully saturated rings. The molecule has 2 rings (SSSR count). The molecule has 2 aromatic carbocycles. The minimum atomic E-state index is 0.234. The summed E-state index contributed by atoms with van der Waals surface area (Å²) in [5, 5.41) is 0. The predicted octanol–water partition coefficient (Wildman–Crippen LogP) is 3.07. The molecule has 75 valence electrons. The number of hydrogen-bond donors (Lipinski definition) is 0. The average Bonchev–Trinajstić information content (AvgIpc) is 2.30. The van der Waals surface area contributed by atoms with Crippen LogP contribution in [0.25, 0.3) is 0 Å². The summed E-state index contributed by atoms with van der Waals surface area (Å²) < 4.78 is 0. The fourth-order valence-electron chi connectivity index (χ4n) is 1.26. The van der Waals surface area contributed by atoms with Crippen LogP contribution < -0.4 is 5.73 Å². The summed E-state index contributed by atoms with van der Waals surface area (Å²) in [7, 11) is 0. The molecule has 0 spiro atoms. The third-order valence-corrected chi connectivity index (χ3v) is 2.12. The van der Waals surface area contributed by atoms with Crippen LogP contribution >= 0.6 is 0 Å². The SMILES string of the molecule is [C]c1ccc(C=Nc2ccc([N])cc2)cc1. The Bertz CT molecular complexity index is 434. The van der Waals surface area contributed by atoms with Crippen LogP contribution in [0.15, 0.2) is 53.5 Å². The highest BCUT2D eigenvalue weighted by atomic mass is 14.7. The molecule has 0 heterocycles. The molecule has 0 amide bonds. The Balaban J connectivity index is 2.15. The van der Waals surface area contributed by atoms with E-state index in [0.29, 0.717) is 5.56 Å². The molecular formula is C14H9N2. The summed E-state index contributed by atoms with van der Waals surface area (Å²) in [5.74, 6) is 0. The maximum Gasteiger partial charge on any atom is 0.0858 e. The van der Waals surface area contributed by atoms with E-state index in [2.05, 4.69) is 4.99 Å². The van der Waals surface area contributed by atoms with Gasteiger partial charge in [0.1, 0.15) is 0 Å². The lowest BCUT2D eigenvalue weighted by Gasteiger charge is -1.95. The van der Waals surface area contributed by atoms with Crippen LogP contribution in [0.4, 0.5) is 11.4 Å². The minimum absolute atomic E-state index is 0.234. The standard InChI is InChI=1S/C14H9N2/c1-11-2-4-12(5-3-11)10-16-14-8-6-13(15)7-9-14/h2-10H. The zero-order chi connectivity index (χ0) is 11.4. The van der Waals surface area contributed by atoms with Crippen molar-refractivity contribution >= 4 is 17.6 Å². The number of benzene rings is 2. The van der Waals surface area contributed by atoms with Crippen molar-refractivity contribution in [2.24, 2.45) is 4.99 Å². The second-order valence-electron chi connectivity index (χ2n) is 3.40. The molecule has 0 unspecified atom stereocenters. The van der Waals surface area contributed by atoms with E-state index < -0.39 is 0 Å². The first-order chi connectivity index (χ1) is 7.74. The molecule has 0 atom stereocenters. The largest absolute Gasteiger partial charge is 0.256 e. The lowest BCUT2D eigenvalue weighted by molar-refractivity contribution is 1.45. The van der Waals surface area contributed by atoms with Crippen LogP contribution in [-0.2, 0) is 0 Å². The lowest BCUT2D eigenvalue weighted by atomic mass is 10.2. The molecule has 5 radical (unpaired) electrons. The van der Waals surface area contributed by atoms with Gasteiger partial charge in [0, 0.05) is 13.1 Å². The van der Waals surface area contributed by atoms with Crippen molar-refractivity contribution in [3.63, 3.8) is 0 Å². The Morgan fingerprint density at radius 3 is 2.19 bits per heavy atom. The summed E-state index contributed by atoms with van der Waals surface area (Å²) >= 11 is 0. The van der Waals surface area contributed by atoms with E-state index in [-0.39, 0.29) is 5.69 Å². The molecule has 0 aliphatic rings. The molecule has 0 aromatic heterocycles. The topological polar surface area (TPSA) is 34.7 Å². The van der Waals surface area contributed by atoms with E-state index in [1.54, 1.807) is 42.6 Å². The van der Waals surface area contributed by atoms with Gasteiger partial charge in [-0.15, -0.1) is 0 Å². The second kappa shape index (κ2) is 4.62. The average molecular weight is 205 g/mol. The van der Waals surface area contributed by atoms with E-state index >= 15 is 0 Å². The molecule has 0 bridgehead atoms. The highest BCUT2D eigenvalue weighted by Gasteiger charge is 1.90. The van der Waals surface area contributed by atoms with Crippen molar-refractivity contribution in [1.82, 2.24) is 5.73 Å². The van der Waals surface area contributed by atoms with Gasteiger partial charge in [-0.05, 0) is 35.4 Å². The zero-order valence-corrected chi connectivity index (χ0v) is 8.59. The monoisotopic (exact) mass is 205 g/mol. The van der Waals surface area contributed by atoms with Crippen LogP contribution in [0, 0.1) is 6.92 Å². The molecule has 0 saturated carbocycles. The predicted molar refractivity (Wildman–Crippen MR) is 64.3 cm³/mol. The lowest BCUT2D eigenvalue weighted by Crippen LogP contribution is -1.80. The Morgan fingerprint density at radius 1 is 0.938 bits per heavy atom. The van der Waals surface area contributed by atoms with Gasteiger partial charge >= 0.3 is 0 Å². The summed E-state index contributed by atoms with van der Waals surface area (Å²) in [6.07, 6.45) is 1.73. The summed E-state index contributed by atoms with van der Waals surface area (Å²) in [6, 6.07) is 13.8. The van der Waals surface area contributed by atoms with E-state index in [0.717, 1.165) is 11.3 Å². The third-order valence-electron chi connectivity index (χ3n) is 2.12. The molecule has 2 nitrogen and oxygen atoms in total. The first kappa shape index (κ1) is 10.4. The quantitative estimate of drug-likeness (QED) is 0.675. The molecule has 2 heteroatoms. The van der Waals surface area contributed by atoms with Crippen molar-refractivity contribution in [2.45, 2.75) is 0 Å². The van der Waals surface area contributed by atoms with Crippen molar-refractivity contribution < 1.29 is 0 Å². The molecule has 2 aromatic rings. The van der Waals surface area contributed by atoms with Gasteiger partial charge in [-0.25, -0.2) is 0 Å². The number of nitrogens with zero attached hydrogens (tertiary/aromatic N) is 2. The van der Waals surface area contributed by atoms with Crippen LogP contribution in [0.2, 0.25) is 0 Å². The van der Waals surface area contributed by atoms with Gasteiger partial charge in [0.15, 0.2) is 0 Å². The first-order valence-corrected chi connectivity index (χ1v) is 4.89. The fourth-order valence-corrected chi connectivity index (χ4v) is 1.26. The van der Waals surface area contributed by atoms with Crippen molar-refractivity contribution in [2.75, 3.05) is 0 Å². The Kier molecular flexibility index (Phi) is 3.01. The minimum Gasteiger partial charge on any atom is -0.256 e. The highest BCUT2D eigenvalue weighted by molar-refractivity contribution is 5.82. The fraction of sp³-hybridized carbons (Fsp3) is 0. The molecule has 0 N–H and O–H groups in total. The second-order valence-corrected chi connectivity index (χ2v) is 3.40. The molecule has 0 aliphatic heterocycles. The Morgan fingerprint density at radius 2 is 1.56 bits per heavy atom. The molecule has 0 aliphatic carbocycles. The summed E-state index contributed by atoms with van der Waals surface area (Å²) in [4.78, 5) is 4.25. The van der Waals surface area contributed by atoms with Crippen molar-refractivity contribution in [1.29, 1.82) is 0 Å². The normalized spacial score (nSPS) is 10.8. The van der Waals surface area contributed by atoms with Gasteiger partial charge in [-0.1, -0.05) is 24.3 Å². The molecular weight excluding hydrogens is 196 g/mol. The van der Waals surface area contributed by atoms with Crippen molar-refractivity contribution in [3.05, 3.63) is 66.6 Å². The Hall–Kier alpha value is -2.09. The van der Waals surface area contributed by atoms with E-state index in [9.17, 15) is 0 Å². The van der Waals surface area contributed by atoms with Gasteiger partial charge in [0.2, 0.25) is 0 Å². The van der Waals surface area contributed by atoms with Gasteiger partial charge < -0.3 is 0 Å². The van der Waals surface area contributed by atoms with Crippen LogP contribution in [0.3, 0.4) is 0 Å². The van der Waals surface area contributed by atoms with E-state index in [1.807, 2.05) is 12.1 Å². The zero-order valence-electron chi connectivity index (χ0n) is 8.59. The van der Waals surface area contributed by atoms with E-state index in [1.165, 1.54) is 0 Å².